The maximum Gasteiger partial charge on any atom is 0.122 e. The van der Waals surface area contributed by atoms with Crippen molar-refractivity contribution < 1.29 is 4.74 Å². The van der Waals surface area contributed by atoms with Gasteiger partial charge in [0.2, 0.25) is 0 Å². The molecule has 0 heterocycles. The number of ether oxygens (including phenoxy) is 1. The van der Waals surface area contributed by atoms with Gasteiger partial charge in [-0.3, -0.25) is 0 Å². The fourth-order valence-corrected chi connectivity index (χ4v) is 2.62. The highest BCUT2D eigenvalue weighted by Crippen LogP contribution is 2.23. The third-order valence-electron chi connectivity index (χ3n) is 3.79. The molecule has 18 heavy (non-hydrogen) atoms. The Balaban J connectivity index is 1.64. The molecule has 1 aromatic rings. The number of hydrogen-bond donors (Lipinski definition) is 1. The highest BCUT2D eigenvalue weighted by molar-refractivity contribution is 5.35. The van der Waals surface area contributed by atoms with Gasteiger partial charge in [-0.2, -0.15) is 0 Å². The average Bonchev–Trinajstić information content (AvgIpc) is 2.86. The van der Waals surface area contributed by atoms with Crippen molar-refractivity contribution >= 4 is 0 Å². The summed E-state index contributed by atoms with van der Waals surface area (Å²) in [6.45, 7) is 7.07. The number of benzene rings is 1. The molecule has 1 aliphatic rings. The molecule has 2 nitrogen and oxygen atoms in total. The van der Waals surface area contributed by atoms with E-state index in [4.69, 9.17) is 4.74 Å². The Morgan fingerprint density at radius 2 is 2.00 bits per heavy atom. The van der Waals surface area contributed by atoms with Gasteiger partial charge in [0.15, 0.2) is 0 Å². The van der Waals surface area contributed by atoms with Crippen LogP contribution in [0.15, 0.2) is 18.2 Å². The van der Waals surface area contributed by atoms with Gasteiger partial charge in [0.05, 0.1) is 0 Å². The molecule has 1 saturated carbocycles. The van der Waals surface area contributed by atoms with Gasteiger partial charge < -0.3 is 10.1 Å². The lowest BCUT2D eigenvalue weighted by Crippen LogP contribution is -2.26. The molecular formula is C16H25NO. The van der Waals surface area contributed by atoms with Crippen LogP contribution < -0.4 is 10.1 Å². The standard InChI is InChI=1S/C16H25NO/c1-13-7-8-14(2)16(11-13)18-10-9-17-12-15-5-3-4-6-15/h7-8,11,15,17H,3-6,9-10,12H2,1-2H3. The minimum atomic E-state index is 0.761. The highest BCUT2D eigenvalue weighted by atomic mass is 16.5. The molecule has 100 valence electrons. The second-order valence-electron chi connectivity index (χ2n) is 5.47. The van der Waals surface area contributed by atoms with E-state index in [1.807, 2.05) is 0 Å². The van der Waals surface area contributed by atoms with Crippen molar-refractivity contribution in [1.29, 1.82) is 0 Å². The van der Waals surface area contributed by atoms with E-state index < -0.39 is 0 Å². The fourth-order valence-electron chi connectivity index (χ4n) is 2.62. The van der Waals surface area contributed by atoms with E-state index in [1.165, 1.54) is 36.8 Å². The molecule has 0 aromatic heterocycles. The smallest absolute Gasteiger partial charge is 0.122 e. The van der Waals surface area contributed by atoms with Crippen LogP contribution in [0, 0.1) is 19.8 Å². The minimum absolute atomic E-state index is 0.761. The first-order valence-electron chi connectivity index (χ1n) is 7.16. The van der Waals surface area contributed by atoms with Gasteiger partial charge in [-0.15, -0.1) is 0 Å². The summed E-state index contributed by atoms with van der Waals surface area (Å²) in [5.41, 5.74) is 2.48. The summed E-state index contributed by atoms with van der Waals surface area (Å²) in [6.07, 6.45) is 5.66. The van der Waals surface area contributed by atoms with Gasteiger partial charge in [0, 0.05) is 6.54 Å². The predicted molar refractivity (Wildman–Crippen MR) is 76.2 cm³/mol. The molecule has 1 N–H and O–H groups in total. The summed E-state index contributed by atoms with van der Waals surface area (Å²) in [5, 5.41) is 3.51. The first-order valence-corrected chi connectivity index (χ1v) is 7.16. The van der Waals surface area contributed by atoms with Crippen molar-refractivity contribution in [3.8, 4) is 5.75 Å². The molecule has 0 radical (unpaired) electrons. The van der Waals surface area contributed by atoms with Crippen LogP contribution in [-0.2, 0) is 0 Å². The summed E-state index contributed by atoms with van der Waals surface area (Å²) in [4.78, 5) is 0. The van der Waals surface area contributed by atoms with E-state index in [0.717, 1.165) is 31.4 Å². The monoisotopic (exact) mass is 247 g/mol. The SMILES string of the molecule is Cc1ccc(C)c(OCCNCC2CCCC2)c1. The van der Waals surface area contributed by atoms with Crippen LogP contribution in [0.2, 0.25) is 0 Å². The summed E-state index contributed by atoms with van der Waals surface area (Å²) >= 11 is 0. The molecule has 2 heteroatoms. The fraction of sp³-hybridized carbons (Fsp3) is 0.625. The van der Waals surface area contributed by atoms with Gasteiger partial charge in [0.1, 0.15) is 12.4 Å². The Morgan fingerprint density at radius 3 is 2.78 bits per heavy atom. The van der Waals surface area contributed by atoms with Gasteiger partial charge in [-0.05, 0) is 56.3 Å². The molecule has 0 aliphatic heterocycles. The van der Waals surface area contributed by atoms with Gasteiger partial charge in [-0.25, -0.2) is 0 Å². The molecule has 1 aromatic carbocycles. The van der Waals surface area contributed by atoms with Crippen molar-refractivity contribution in [2.45, 2.75) is 39.5 Å². The maximum absolute atomic E-state index is 5.82. The lowest BCUT2D eigenvalue weighted by Gasteiger charge is -2.12. The average molecular weight is 247 g/mol. The molecule has 1 aliphatic carbocycles. The van der Waals surface area contributed by atoms with Crippen LogP contribution >= 0.6 is 0 Å². The Kier molecular flexibility index (Phi) is 5.06. The van der Waals surface area contributed by atoms with E-state index in [-0.39, 0.29) is 0 Å². The lowest BCUT2D eigenvalue weighted by molar-refractivity contribution is 0.307. The molecule has 2 rings (SSSR count). The van der Waals surface area contributed by atoms with Crippen LogP contribution in [-0.4, -0.2) is 19.7 Å². The van der Waals surface area contributed by atoms with Crippen molar-refractivity contribution in [1.82, 2.24) is 5.32 Å². The Labute approximate surface area is 111 Å². The summed E-state index contributed by atoms with van der Waals surface area (Å²) < 4.78 is 5.82. The van der Waals surface area contributed by atoms with E-state index in [1.54, 1.807) is 0 Å². The zero-order valence-electron chi connectivity index (χ0n) is 11.7. The van der Waals surface area contributed by atoms with Gasteiger partial charge in [0.25, 0.3) is 0 Å². The summed E-state index contributed by atoms with van der Waals surface area (Å²) in [6, 6.07) is 6.36. The second-order valence-corrected chi connectivity index (χ2v) is 5.47. The van der Waals surface area contributed by atoms with E-state index in [0.29, 0.717) is 0 Å². The van der Waals surface area contributed by atoms with Crippen LogP contribution in [0.3, 0.4) is 0 Å². The third kappa shape index (κ3) is 4.02. The quantitative estimate of drug-likeness (QED) is 0.777. The van der Waals surface area contributed by atoms with Crippen LogP contribution in [0.1, 0.15) is 36.8 Å². The van der Waals surface area contributed by atoms with Crippen molar-refractivity contribution in [2.75, 3.05) is 19.7 Å². The Bertz CT molecular complexity index is 369. The molecule has 0 spiro atoms. The first kappa shape index (κ1) is 13.4. The molecule has 0 atom stereocenters. The zero-order chi connectivity index (χ0) is 12.8. The van der Waals surface area contributed by atoms with Crippen molar-refractivity contribution in [3.05, 3.63) is 29.3 Å². The highest BCUT2D eigenvalue weighted by Gasteiger charge is 2.13. The minimum Gasteiger partial charge on any atom is -0.492 e. The van der Waals surface area contributed by atoms with Gasteiger partial charge >= 0.3 is 0 Å². The van der Waals surface area contributed by atoms with Gasteiger partial charge in [-0.1, -0.05) is 25.0 Å². The second kappa shape index (κ2) is 6.79. The molecule has 0 bridgehead atoms. The Morgan fingerprint density at radius 1 is 1.22 bits per heavy atom. The van der Waals surface area contributed by atoms with E-state index in [2.05, 4.69) is 37.4 Å². The van der Waals surface area contributed by atoms with Crippen LogP contribution in [0.25, 0.3) is 0 Å². The zero-order valence-corrected chi connectivity index (χ0v) is 11.7. The van der Waals surface area contributed by atoms with Crippen molar-refractivity contribution in [3.63, 3.8) is 0 Å². The van der Waals surface area contributed by atoms with E-state index >= 15 is 0 Å². The van der Waals surface area contributed by atoms with Crippen molar-refractivity contribution in [2.24, 2.45) is 5.92 Å². The molecule has 0 amide bonds. The molecule has 0 unspecified atom stereocenters. The van der Waals surface area contributed by atoms with Crippen LogP contribution in [0.5, 0.6) is 5.75 Å². The predicted octanol–water partition coefficient (Wildman–Crippen LogP) is 3.46. The molecular weight excluding hydrogens is 222 g/mol. The topological polar surface area (TPSA) is 21.3 Å². The molecule has 0 saturated heterocycles. The number of nitrogens with one attached hydrogen (secondary N) is 1. The largest absolute Gasteiger partial charge is 0.492 e. The molecule has 1 fully saturated rings. The number of aryl methyl sites for hydroxylation is 2. The number of rotatable bonds is 6. The maximum atomic E-state index is 5.82. The van der Waals surface area contributed by atoms with Crippen LogP contribution in [0.4, 0.5) is 0 Å². The normalized spacial score (nSPS) is 16.1. The first-order chi connectivity index (χ1) is 8.75. The Hall–Kier alpha value is -1.02. The van der Waals surface area contributed by atoms with E-state index in [9.17, 15) is 0 Å². The summed E-state index contributed by atoms with van der Waals surface area (Å²) in [5.74, 6) is 1.93. The summed E-state index contributed by atoms with van der Waals surface area (Å²) in [7, 11) is 0. The third-order valence-corrected chi connectivity index (χ3v) is 3.79. The number of hydrogen-bond acceptors (Lipinski definition) is 2. The lowest BCUT2D eigenvalue weighted by atomic mass is 10.1.